The van der Waals surface area contributed by atoms with Crippen LogP contribution in [-0.2, 0) is 0 Å². The third-order valence-electron chi connectivity index (χ3n) is 6.02. The van der Waals surface area contributed by atoms with Gasteiger partial charge in [0.05, 0.1) is 12.3 Å². The molecule has 7 heteroatoms. The van der Waals surface area contributed by atoms with Gasteiger partial charge in [-0.1, -0.05) is 42.5 Å². The van der Waals surface area contributed by atoms with Crippen LogP contribution in [0.25, 0.3) is 22.0 Å². The maximum atomic E-state index is 12.7. The normalized spacial score (nSPS) is 13.7. The van der Waals surface area contributed by atoms with Crippen molar-refractivity contribution < 1.29 is 9.53 Å². The van der Waals surface area contributed by atoms with Gasteiger partial charge < -0.3 is 19.9 Å². The molecular weight excluding hydrogens is 426 g/mol. The molecule has 1 N–H and O–H groups in total. The van der Waals surface area contributed by atoms with Crippen molar-refractivity contribution >= 4 is 28.3 Å². The summed E-state index contributed by atoms with van der Waals surface area (Å²) in [5, 5.41) is 14.3. The summed E-state index contributed by atoms with van der Waals surface area (Å²) in [6, 6.07) is 25.9. The third-order valence-corrected chi connectivity index (χ3v) is 6.02. The molecule has 0 aliphatic carbocycles. The number of benzene rings is 3. The maximum Gasteiger partial charge on any atom is 0.321 e. The van der Waals surface area contributed by atoms with Crippen molar-refractivity contribution in [3.63, 3.8) is 0 Å². The summed E-state index contributed by atoms with van der Waals surface area (Å²) in [5.41, 5.74) is 2.69. The monoisotopic (exact) mass is 453 g/mol. The van der Waals surface area contributed by atoms with E-state index in [2.05, 4.69) is 44.7 Å². The van der Waals surface area contributed by atoms with Crippen LogP contribution in [0.1, 0.15) is 6.92 Å². The van der Waals surface area contributed by atoms with Crippen molar-refractivity contribution in [1.82, 2.24) is 15.1 Å². The highest BCUT2D eigenvalue weighted by atomic mass is 16.5. The molecule has 0 unspecified atom stereocenters. The molecule has 3 aromatic carbocycles. The fourth-order valence-electron chi connectivity index (χ4n) is 4.23. The third kappa shape index (κ3) is 4.64. The average Bonchev–Trinajstić information content (AvgIpc) is 2.90. The summed E-state index contributed by atoms with van der Waals surface area (Å²) < 4.78 is 5.45. The number of nitrogens with one attached hydrogen (secondary N) is 1. The van der Waals surface area contributed by atoms with E-state index in [1.807, 2.05) is 66.4 Å². The van der Waals surface area contributed by atoms with Crippen LogP contribution in [0.4, 0.5) is 16.3 Å². The van der Waals surface area contributed by atoms with Gasteiger partial charge in [0.2, 0.25) is 0 Å². The molecule has 0 radical (unpaired) electrons. The Labute approximate surface area is 199 Å². The van der Waals surface area contributed by atoms with Gasteiger partial charge in [-0.05, 0) is 54.1 Å². The number of nitrogens with zero attached hydrogens (tertiary/aromatic N) is 4. The first-order valence-electron chi connectivity index (χ1n) is 11.6. The first kappa shape index (κ1) is 21.7. The minimum absolute atomic E-state index is 0.0961. The van der Waals surface area contributed by atoms with Crippen molar-refractivity contribution in [2.45, 2.75) is 6.92 Å². The molecule has 1 aliphatic heterocycles. The van der Waals surface area contributed by atoms with Gasteiger partial charge >= 0.3 is 6.03 Å². The summed E-state index contributed by atoms with van der Waals surface area (Å²) >= 11 is 0. The number of amides is 2. The smallest absolute Gasteiger partial charge is 0.321 e. The second-order valence-corrected chi connectivity index (χ2v) is 8.17. The maximum absolute atomic E-state index is 12.7. The van der Waals surface area contributed by atoms with Gasteiger partial charge in [0, 0.05) is 37.4 Å². The SMILES string of the molecule is CCOc1ccc(NC(=O)N2CCN(c3ccc(-c4cccc5ccccc45)nn3)CC2)cc1. The Morgan fingerprint density at radius 3 is 2.38 bits per heavy atom. The lowest BCUT2D eigenvalue weighted by molar-refractivity contribution is 0.208. The van der Waals surface area contributed by atoms with Crippen molar-refractivity contribution in [3.8, 4) is 17.0 Å². The molecule has 2 amide bonds. The highest BCUT2D eigenvalue weighted by Crippen LogP contribution is 2.27. The lowest BCUT2D eigenvalue weighted by Gasteiger charge is -2.35. The molecular formula is C27H27N5O2. The van der Waals surface area contributed by atoms with Gasteiger partial charge in [0.25, 0.3) is 0 Å². The fourth-order valence-corrected chi connectivity index (χ4v) is 4.23. The number of carbonyl (C=O) groups is 1. The Morgan fingerprint density at radius 2 is 1.65 bits per heavy atom. The molecule has 4 aromatic rings. The summed E-state index contributed by atoms with van der Waals surface area (Å²) in [5.74, 6) is 1.62. The van der Waals surface area contributed by atoms with Gasteiger partial charge in [-0.15, -0.1) is 10.2 Å². The van der Waals surface area contributed by atoms with E-state index < -0.39 is 0 Å². The van der Waals surface area contributed by atoms with E-state index >= 15 is 0 Å². The van der Waals surface area contributed by atoms with Crippen molar-refractivity contribution in [2.24, 2.45) is 0 Å². The standard InChI is InChI=1S/C27H27N5O2/c1-2-34-22-12-10-21(11-13-22)28-27(33)32-18-16-31(17-19-32)26-15-14-25(29-30-26)24-9-5-7-20-6-3-4-8-23(20)24/h3-15H,2,16-19H2,1H3,(H,28,33). The molecule has 1 saturated heterocycles. The number of carbonyl (C=O) groups excluding carboxylic acids is 1. The molecule has 0 bridgehead atoms. The number of urea groups is 1. The first-order chi connectivity index (χ1) is 16.7. The zero-order chi connectivity index (χ0) is 23.3. The fraction of sp³-hybridized carbons (Fsp3) is 0.222. The van der Waals surface area contributed by atoms with E-state index in [1.165, 1.54) is 10.8 Å². The van der Waals surface area contributed by atoms with Gasteiger partial charge in [-0.25, -0.2) is 4.79 Å². The molecule has 1 aromatic heterocycles. The molecule has 34 heavy (non-hydrogen) atoms. The Bertz CT molecular complexity index is 1260. The second kappa shape index (κ2) is 9.79. The van der Waals surface area contributed by atoms with Crippen LogP contribution in [-0.4, -0.2) is 53.9 Å². The number of hydrogen-bond acceptors (Lipinski definition) is 5. The number of hydrogen-bond donors (Lipinski definition) is 1. The molecule has 1 fully saturated rings. The number of rotatable bonds is 5. The molecule has 5 rings (SSSR count). The Kier molecular flexibility index (Phi) is 6.25. The summed E-state index contributed by atoms with van der Waals surface area (Å²) in [6.07, 6.45) is 0. The van der Waals surface area contributed by atoms with Gasteiger partial charge in [0.1, 0.15) is 5.75 Å². The van der Waals surface area contributed by atoms with Crippen LogP contribution in [0.5, 0.6) is 5.75 Å². The average molecular weight is 454 g/mol. The summed E-state index contributed by atoms with van der Waals surface area (Å²) in [6.45, 7) is 5.22. The quantitative estimate of drug-likeness (QED) is 0.458. The first-order valence-corrected chi connectivity index (χ1v) is 11.6. The van der Waals surface area contributed by atoms with E-state index in [0.29, 0.717) is 32.8 Å². The molecule has 0 spiro atoms. The number of ether oxygens (including phenoxy) is 1. The lowest BCUT2D eigenvalue weighted by atomic mass is 10.0. The van der Waals surface area contributed by atoms with E-state index in [-0.39, 0.29) is 6.03 Å². The molecule has 7 nitrogen and oxygen atoms in total. The van der Waals surface area contributed by atoms with E-state index in [9.17, 15) is 4.79 Å². The Balaban J connectivity index is 1.20. The number of fused-ring (bicyclic) bond motifs is 1. The zero-order valence-corrected chi connectivity index (χ0v) is 19.1. The molecule has 0 atom stereocenters. The minimum Gasteiger partial charge on any atom is -0.494 e. The highest BCUT2D eigenvalue weighted by Gasteiger charge is 2.22. The predicted octanol–water partition coefficient (Wildman–Crippen LogP) is 5.05. The largest absolute Gasteiger partial charge is 0.494 e. The van der Waals surface area contributed by atoms with Gasteiger partial charge in [0.15, 0.2) is 5.82 Å². The Morgan fingerprint density at radius 1 is 0.882 bits per heavy atom. The van der Waals surface area contributed by atoms with Crippen LogP contribution in [0.2, 0.25) is 0 Å². The van der Waals surface area contributed by atoms with E-state index in [1.54, 1.807) is 0 Å². The van der Waals surface area contributed by atoms with Crippen molar-refractivity contribution in [1.29, 1.82) is 0 Å². The van der Waals surface area contributed by atoms with Crippen molar-refractivity contribution in [3.05, 3.63) is 78.9 Å². The van der Waals surface area contributed by atoms with Crippen LogP contribution < -0.4 is 15.0 Å². The molecule has 172 valence electrons. The number of piperazine rings is 1. The van der Waals surface area contributed by atoms with Crippen molar-refractivity contribution in [2.75, 3.05) is 43.0 Å². The lowest BCUT2D eigenvalue weighted by Crippen LogP contribution is -2.50. The molecule has 0 saturated carbocycles. The van der Waals surface area contributed by atoms with Gasteiger partial charge in [-0.3, -0.25) is 0 Å². The molecule has 1 aliphatic rings. The molecule has 2 heterocycles. The van der Waals surface area contributed by atoms with Crippen LogP contribution in [0.3, 0.4) is 0 Å². The van der Waals surface area contributed by atoms with Gasteiger partial charge in [-0.2, -0.15) is 0 Å². The number of aromatic nitrogens is 2. The Hall–Kier alpha value is -4.13. The second-order valence-electron chi connectivity index (χ2n) is 8.17. The number of anilines is 2. The highest BCUT2D eigenvalue weighted by molar-refractivity contribution is 5.95. The predicted molar refractivity (Wildman–Crippen MR) is 135 cm³/mol. The topological polar surface area (TPSA) is 70.6 Å². The van der Waals surface area contributed by atoms with E-state index in [4.69, 9.17) is 4.74 Å². The van der Waals surface area contributed by atoms with Crippen LogP contribution in [0.15, 0.2) is 78.9 Å². The summed E-state index contributed by atoms with van der Waals surface area (Å²) in [4.78, 5) is 16.7. The van der Waals surface area contributed by atoms with Crippen LogP contribution in [0, 0.1) is 0 Å². The van der Waals surface area contributed by atoms with Crippen LogP contribution >= 0.6 is 0 Å². The zero-order valence-electron chi connectivity index (χ0n) is 19.1. The minimum atomic E-state index is -0.0961. The summed E-state index contributed by atoms with van der Waals surface area (Å²) in [7, 11) is 0. The van der Waals surface area contributed by atoms with E-state index in [0.717, 1.165) is 28.5 Å².